The second-order valence-electron chi connectivity index (χ2n) is 5.60. The Morgan fingerprint density at radius 3 is 2.04 bits per heavy atom. The van der Waals surface area contributed by atoms with Crippen LogP contribution in [0.15, 0.2) is 53.4 Å². The van der Waals surface area contributed by atoms with Gasteiger partial charge in [-0.3, -0.25) is 19.7 Å². The van der Waals surface area contributed by atoms with Crippen LogP contribution in [-0.4, -0.2) is 32.7 Å². The Hall–Kier alpha value is -3.24. The van der Waals surface area contributed by atoms with Crippen LogP contribution in [0, 0.1) is 0 Å². The maximum absolute atomic E-state index is 11.9. The van der Waals surface area contributed by atoms with Gasteiger partial charge in [-0.05, 0) is 48.4 Å². The van der Waals surface area contributed by atoms with Crippen molar-refractivity contribution in [2.24, 2.45) is 5.14 Å². The minimum absolute atomic E-state index is 0.0177. The molecular formula is C17H18N4O5S. The summed E-state index contributed by atoms with van der Waals surface area (Å²) in [5.74, 6) is -2.75. The highest BCUT2D eigenvalue weighted by atomic mass is 32.2. The molecule has 0 saturated carbocycles. The first-order valence-electron chi connectivity index (χ1n) is 7.77. The van der Waals surface area contributed by atoms with E-state index in [0.29, 0.717) is 12.1 Å². The molecule has 0 atom stereocenters. The Morgan fingerprint density at radius 1 is 0.889 bits per heavy atom. The number of hydrogen-bond donors (Lipinski definition) is 4. The fourth-order valence-electron chi connectivity index (χ4n) is 2.11. The van der Waals surface area contributed by atoms with Gasteiger partial charge in [0, 0.05) is 17.8 Å². The van der Waals surface area contributed by atoms with Crippen LogP contribution in [0.25, 0.3) is 0 Å². The van der Waals surface area contributed by atoms with Gasteiger partial charge in [0.15, 0.2) is 0 Å². The molecule has 0 aliphatic heterocycles. The maximum Gasteiger partial charge on any atom is 0.316 e. The van der Waals surface area contributed by atoms with Crippen LogP contribution in [0.4, 0.5) is 5.69 Å². The Kier molecular flexibility index (Phi) is 6.27. The van der Waals surface area contributed by atoms with Gasteiger partial charge in [0.25, 0.3) is 5.91 Å². The molecule has 2 aromatic carbocycles. The topological polar surface area (TPSA) is 161 Å². The van der Waals surface area contributed by atoms with Crippen LogP contribution < -0.4 is 21.5 Å². The van der Waals surface area contributed by atoms with Crippen molar-refractivity contribution in [2.75, 3.05) is 12.3 Å². The number of imide groups is 1. The van der Waals surface area contributed by atoms with Crippen LogP contribution in [0.5, 0.6) is 0 Å². The molecule has 27 heavy (non-hydrogen) atoms. The summed E-state index contributed by atoms with van der Waals surface area (Å²) in [7, 11) is -3.76. The molecule has 0 aliphatic rings. The highest BCUT2D eigenvalue weighted by Gasteiger charge is 2.17. The number of primary sulfonamides is 1. The SMILES string of the molecule is Nc1ccc(C(=O)NC(=O)C(=O)NCCc2ccc(S(N)(=O)=O)cc2)cc1. The number of amides is 3. The van der Waals surface area contributed by atoms with Crippen molar-refractivity contribution < 1.29 is 22.8 Å². The summed E-state index contributed by atoms with van der Waals surface area (Å²) in [6.07, 6.45) is 0.357. The van der Waals surface area contributed by atoms with E-state index in [9.17, 15) is 22.8 Å². The molecule has 142 valence electrons. The lowest BCUT2D eigenvalue weighted by Gasteiger charge is -2.07. The van der Waals surface area contributed by atoms with Gasteiger partial charge in [0.2, 0.25) is 10.0 Å². The summed E-state index contributed by atoms with van der Waals surface area (Å²) in [4.78, 5) is 35.3. The zero-order valence-electron chi connectivity index (χ0n) is 14.1. The van der Waals surface area contributed by atoms with Gasteiger partial charge in [-0.15, -0.1) is 0 Å². The fraction of sp³-hybridized carbons (Fsp3) is 0.118. The monoisotopic (exact) mass is 390 g/mol. The highest BCUT2D eigenvalue weighted by molar-refractivity contribution is 7.89. The van der Waals surface area contributed by atoms with Crippen molar-refractivity contribution in [2.45, 2.75) is 11.3 Å². The van der Waals surface area contributed by atoms with Gasteiger partial charge in [-0.25, -0.2) is 13.6 Å². The number of benzene rings is 2. The van der Waals surface area contributed by atoms with Crippen molar-refractivity contribution in [1.29, 1.82) is 0 Å². The molecule has 9 nitrogen and oxygen atoms in total. The standard InChI is InChI=1S/C17H18N4O5S/c18-13-5-3-12(4-6-13)15(22)21-17(24)16(23)20-10-9-11-1-7-14(8-2-11)27(19,25)26/h1-8H,9-10,18H2,(H,20,23)(H2,19,25,26)(H,21,22,24). The first-order chi connectivity index (χ1) is 12.7. The van der Waals surface area contributed by atoms with Crippen molar-refractivity contribution in [1.82, 2.24) is 10.6 Å². The van der Waals surface area contributed by atoms with Crippen molar-refractivity contribution in [3.8, 4) is 0 Å². The molecule has 2 aromatic rings. The number of hydrogen-bond acceptors (Lipinski definition) is 6. The Bertz CT molecular complexity index is 954. The van der Waals surface area contributed by atoms with Gasteiger partial charge in [0.05, 0.1) is 4.90 Å². The average Bonchev–Trinajstić information content (AvgIpc) is 2.61. The zero-order valence-corrected chi connectivity index (χ0v) is 15.0. The van der Waals surface area contributed by atoms with Crippen LogP contribution in [-0.2, 0) is 26.0 Å². The third kappa shape index (κ3) is 5.90. The summed E-state index contributed by atoms with van der Waals surface area (Å²) in [5, 5.41) is 9.36. The van der Waals surface area contributed by atoms with E-state index < -0.39 is 27.7 Å². The molecule has 2 rings (SSSR count). The van der Waals surface area contributed by atoms with E-state index in [0.717, 1.165) is 5.56 Å². The Morgan fingerprint density at radius 2 is 1.48 bits per heavy atom. The molecular weight excluding hydrogens is 372 g/mol. The zero-order chi connectivity index (χ0) is 20.0. The first kappa shape index (κ1) is 20.1. The number of carbonyl (C=O) groups excluding carboxylic acids is 3. The Labute approximate surface area is 155 Å². The molecule has 10 heteroatoms. The molecule has 0 spiro atoms. The predicted molar refractivity (Wildman–Crippen MR) is 97.9 cm³/mol. The number of anilines is 1. The number of nitrogens with one attached hydrogen (secondary N) is 2. The predicted octanol–water partition coefficient (Wildman–Crippen LogP) is -0.468. The molecule has 0 fully saturated rings. The van der Waals surface area contributed by atoms with E-state index in [1.165, 1.54) is 36.4 Å². The van der Waals surface area contributed by atoms with E-state index in [1.807, 2.05) is 5.32 Å². The average molecular weight is 390 g/mol. The fourth-order valence-corrected chi connectivity index (χ4v) is 2.63. The highest BCUT2D eigenvalue weighted by Crippen LogP contribution is 2.09. The van der Waals surface area contributed by atoms with E-state index in [4.69, 9.17) is 10.9 Å². The molecule has 6 N–H and O–H groups in total. The molecule has 0 saturated heterocycles. The van der Waals surface area contributed by atoms with Crippen LogP contribution in [0.3, 0.4) is 0 Å². The molecule has 0 radical (unpaired) electrons. The third-order valence-electron chi connectivity index (χ3n) is 3.56. The van der Waals surface area contributed by atoms with Crippen LogP contribution >= 0.6 is 0 Å². The lowest BCUT2D eigenvalue weighted by molar-refractivity contribution is -0.138. The van der Waals surface area contributed by atoms with Gasteiger partial charge >= 0.3 is 11.8 Å². The molecule has 0 unspecified atom stereocenters. The number of nitrogens with two attached hydrogens (primary N) is 2. The van der Waals surface area contributed by atoms with Crippen molar-refractivity contribution in [3.63, 3.8) is 0 Å². The summed E-state index contributed by atoms with van der Waals surface area (Å²) >= 11 is 0. The van der Waals surface area contributed by atoms with E-state index >= 15 is 0 Å². The normalized spacial score (nSPS) is 10.9. The summed E-state index contributed by atoms with van der Waals surface area (Å²) in [6, 6.07) is 11.7. The number of rotatable bonds is 5. The van der Waals surface area contributed by atoms with Gasteiger partial charge < -0.3 is 11.1 Å². The maximum atomic E-state index is 11.9. The van der Waals surface area contributed by atoms with E-state index in [2.05, 4.69) is 5.32 Å². The van der Waals surface area contributed by atoms with E-state index in [1.54, 1.807) is 12.1 Å². The lowest BCUT2D eigenvalue weighted by atomic mass is 10.1. The van der Waals surface area contributed by atoms with Gasteiger partial charge in [-0.1, -0.05) is 12.1 Å². The minimum Gasteiger partial charge on any atom is -0.399 e. The number of sulfonamides is 1. The second-order valence-corrected chi connectivity index (χ2v) is 7.16. The molecule has 0 heterocycles. The first-order valence-corrected chi connectivity index (χ1v) is 9.32. The molecule has 0 aliphatic carbocycles. The lowest BCUT2D eigenvalue weighted by Crippen LogP contribution is -2.43. The smallest absolute Gasteiger partial charge is 0.316 e. The summed E-state index contributed by atoms with van der Waals surface area (Å²) in [6.45, 7) is 0.122. The molecule has 3 amide bonds. The molecule has 0 aromatic heterocycles. The largest absolute Gasteiger partial charge is 0.399 e. The second kappa shape index (κ2) is 8.43. The minimum atomic E-state index is -3.76. The van der Waals surface area contributed by atoms with Crippen LogP contribution in [0.2, 0.25) is 0 Å². The van der Waals surface area contributed by atoms with Crippen LogP contribution in [0.1, 0.15) is 15.9 Å². The van der Waals surface area contributed by atoms with Gasteiger partial charge in [0.1, 0.15) is 0 Å². The van der Waals surface area contributed by atoms with Gasteiger partial charge in [-0.2, -0.15) is 0 Å². The number of nitrogen functional groups attached to an aromatic ring is 1. The summed E-state index contributed by atoms with van der Waals surface area (Å²) in [5.41, 5.74) is 6.91. The van der Waals surface area contributed by atoms with Crippen molar-refractivity contribution in [3.05, 3.63) is 59.7 Å². The summed E-state index contributed by atoms with van der Waals surface area (Å²) < 4.78 is 22.3. The molecule has 0 bridgehead atoms. The van der Waals surface area contributed by atoms with E-state index in [-0.39, 0.29) is 17.0 Å². The quantitative estimate of drug-likeness (QED) is 0.399. The Balaban J connectivity index is 1.82. The number of carbonyl (C=O) groups is 3. The third-order valence-corrected chi connectivity index (χ3v) is 4.49. The van der Waals surface area contributed by atoms with Crippen molar-refractivity contribution >= 4 is 33.4 Å².